The molecule has 1 saturated heterocycles. The minimum Gasteiger partial charge on any atom is -0.467 e. The fourth-order valence-electron chi connectivity index (χ4n) is 4.00. The largest absolute Gasteiger partial charge is 0.467 e. The first-order valence-corrected chi connectivity index (χ1v) is 10.2. The van der Waals surface area contributed by atoms with Gasteiger partial charge in [0.15, 0.2) is 0 Å². The van der Waals surface area contributed by atoms with Crippen molar-refractivity contribution >= 4 is 29.1 Å². The van der Waals surface area contributed by atoms with E-state index in [1.165, 1.54) is 18.4 Å². The molecule has 1 unspecified atom stereocenters. The predicted molar refractivity (Wildman–Crippen MR) is 98.9 cm³/mol. The maximum Gasteiger partial charge on any atom is 0.331 e. The van der Waals surface area contributed by atoms with Crippen molar-refractivity contribution in [3.63, 3.8) is 0 Å². The quantitative estimate of drug-likeness (QED) is 0.817. The number of rotatable bonds is 4. The summed E-state index contributed by atoms with van der Waals surface area (Å²) in [6.45, 7) is 1.07. The van der Waals surface area contributed by atoms with Crippen LogP contribution in [0.4, 0.5) is 0 Å². The second kappa shape index (κ2) is 8.20. The van der Waals surface area contributed by atoms with E-state index in [1.807, 2.05) is 17.5 Å². The van der Waals surface area contributed by atoms with Gasteiger partial charge in [0.05, 0.1) is 17.9 Å². The van der Waals surface area contributed by atoms with Crippen molar-refractivity contribution in [2.24, 2.45) is 5.92 Å². The van der Waals surface area contributed by atoms with E-state index in [0.717, 1.165) is 32.1 Å². The number of carbonyl (C=O) groups excluding carboxylic acids is 3. The number of methoxy groups -OCH3 is 1. The Balaban J connectivity index is 1.66. The third kappa shape index (κ3) is 3.92. The smallest absolute Gasteiger partial charge is 0.331 e. The summed E-state index contributed by atoms with van der Waals surface area (Å²) in [6, 6.07) is 3.67. The highest BCUT2D eigenvalue weighted by Crippen LogP contribution is 2.30. The SMILES string of the molecule is COC(=O)C1(NC(=O)C2CCCN(C(=O)c3cccs3)C2)CCCCC1. The summed E-state index contributed by atoms with van der Waals surface area (Å²) in [5, 5.41) is 4.88. The van der Waals surface area contributed by atoms with Gasteiger partial charge in [0, 0.05) is 13.1 Å². The van der Waals surface area contributed by atoms with Gasteiger partial charge in [0.1, 0.15) is 5.54 Å². The molecule has 0 radical (unpaired) electrons. The van der Waals surface area contributed by atoms with Crippen LogP contribution in [0, 0.1) is 5.92 Å². The number of thiophene rings is 1. The molecule has 1 aromatic rings. The van der Waals surface area contributed by atoms with E-state index in [9.17, 15) is 14.4 Å². The van der Waals surface area contributed by atoms with Gasteiger partial charge < -0.3 is 15.0 Å². The zero-order chi connectivity index (χ0) is 18.6. The van der Waals surface area contributed by atoms with Crippen LogP contribution in [0.1, 0.15) is 54.6 Å². The van der Waals surface area contributed by atoms with Gasteiger partial charge >= 0.3 is 5.97 Å². The summed E-state index contributed by atoms with van der Waals surface area (Å²) >= 11 is 1.42. The molecule has 1 N–H and O–H groups in total. The van der Waals surface area contributed by atoms with Gasteiger partial charge in [-0.25, -0.2) is 4.79 Å². The molecule has 1 aliphatic heterocycles. The molecule has 1 aromatic heterocycles. The van der Waals surface area contributed by atoms with Crippen LogP contribution < -0.4 is 5.32 Å². The second-order valence-corrected chi connectivity index (χ2v) is 8.14. The van der Waals surface area contributed by atoms with Gasteiger partial charge in [-0.15, -0.1) is 11.3 Å². The van der Waals surface area contributed by atoms with Crippen molar-refractivity contribution in [2.45, 2.75) is 50.5 Å². The van der Waals surface area contributed by atoms with Crippen molar-refractivity contribution in [1.82, 2.24) is 10.2 Å². The van der Waals surface area contributed by atoms with Crippen LogP contribution in [0.3, 0.4) is 0 Å². The number of piperidine rings is 1. The van der Waals surface area contributed by atoms with Gasteiger partial charge in [-0.1, -0.05) is 25.3 Å². The minimum absolute atomic E-state index is 0.0159. The number of hydrogen-bond donors (Lipinski definition) is 1. The Morgan fingerprint density at radius 1 is 1.23 bits per heavy atom. The molecule has 0 spiro atoms. The lowest BCUT2D eigenvalue weighted by molar-refractivity contribution is -0.153. The van der Waals surface area contributed by atoms with Crippen LogP contribution in [-0.2, 0) is 14.3 Å². The number of likely N-dealkylation sites (tertiary alicyclic amines) is 1. The fourth-order valence-corrected chi connectivity index (χ4v) is 4.69. The van der Waals surface area contributed by atoms with Gasteiger partial charge in [0.25, 0.3) is 5.91 Å². The lowest BCUT2D eigenvalue weighted by Crippen LogP contribution is -2.58. The molecule has 2 aliphatic rings. The third-order valence-electron chi connectivity index (χ3n) is 5.46. The third-order valence-corrected chi connectivity index (χ3v) is 6.31. The Morgan fingerprint density at radius 2 is 2.00 bits per heavy atom. The molecule has 2 heterocycles. The highest BCUT2D eigenvalue weighted by molar-refractivity contribution is 7.12. The number of carbonyl (C=O) groups is 3. The van der Waals surface area contributed by atoms with E-state index in [4.69, 9.17) is 4.74 Å². The maximum atomic E-state index is 12.9. The topological polar surface area (TPSA) is 75.7 Å². The standard InChI is InChI=1S/C19H26N2O4S/c1-25-18(24)19(9-3-2-4-10-19)20-16(22)14-7-5-11-21(13-14)17(23)15-8-6-12-26-15/h6,8,12,14H,2-5,7,9-11,13H2,1H3,(H,20,22). The molecule has 7 heteroatoms. The summed E-state index contributed by atoms with van der Waals surface area (Å²) in [5.74, 6) is -0.789. The van der Waals surface area contributed by atoms with Crippen LogP contribution in [0.5, 0.6) is 0 Å². The van der Waals surface area contributed by atoms with E-state index in [-0.39, 0.29) is 23.7 Å². The van der Waals surface area contributed by atoms with E-state index in [1.54, 1.807) is 4.90 Å². The Hall–Kier alpha value is -1.89. The molecule has 142 valence electrons. The van der Waals surface area contributed by atoms with Gasteiger partial charge in [-0.2, -0.15) is 0 Å². The molecule has 0 aromatic carbocycles. The van der Waals surface area contributed by atoms with Crippen LogP contribution in [0.15, 0.2) is 17.5 Å². The first-order chi connectivity index (χ1) is 12.6. The lowest BCUT2D eigenvalue weighted by atomic mass is 9.81. The molecule has 2 amide bonds. The second-order valence-electron chi connectivity index (χ2n) is 7.19. The van der Waals surface area contributed by atoms with Gasteiger partial charge in [0.2, 0.25) is 5.91 Å². The summed E-state index contributed by atoms with van der Waals surface area (Å²) in [4.78, 5) is 40.2. The van der Waals surface area contributed by atoms with E-state index < -0.39 is 5.54 Å². The number of esters is 1. The zero-order valence-corrected chi connectivity index (χ0v) is 16.0. The van der Waals surface area contributed by atoms with E-state index in [2.05, 4.69) is 5.32 Å². The molecule has 1 aliphatic carbocycles. The highest BCUT2D eigenvalue weighted by atomic mass is 32.1. The minimum atomic E-state index is -0.899. The monoisotopic (exact) mass is 378 g/mol. The highest BCUT2D eigenvalue weighted by Gasteiger charge is 2.43. The van der Waals surface area contributed by atoms with Gasteiger partial charge in [-0.3, -0.25) is 9.59 Å². The summed E-state index contributed by atoms with van der Waals surface area (Å²) in [5.41, 5.74) is -0.899. The fraction of sp³-hybridized carbons (Fsp3) is 0.632. The molecule has 2 fully saturated rings. The first kappa shape index (κ1) is 18.9. The summed E-state index contributed by atoms with van der Waals surface area (Å²) in [7, 11) is 1.37. The zero-order valence-electron chi connectivity index (χ0n) is 15.2. The van der Waals surface area contributed by atoms with Crippen molar-refractivity contribution in [1.29, 1.82) is 0 Å². The molecule has 0 bridgehead atoms. The Labute approximate surface area is 157 Å². The first-order valence-electron chi connectivity index (χ1n) is 9.29. The summed E-state index contributed by atoms with van der Waals surface area (Å²) in [6.07, 6.45) is 5.65. The van der Waals surface area contributed by atoms with Crippen molar-refractivity contribution < 1.29 is 19.1 Å². The maximum absolute atomic E-state index is 12.9. The van der Waals surface area contributed by atoms with Crippen LogP contribution in [-0.4, -0.2) is 48.4 Å². The molecule has 1 saturated carbocycles. The average molecular weight is 378 g/mol. The van der Waals surface area contributed by atoms with Crippen molar-refractivity contribution in [3.8, 4) is 0 Å². The van der Waals surface area contributed by atoms with E-state index in [0.29, 0.717) is 30.8 Å². The Kier molecular flexibility index (Phi) is 5.96. The number of nitrogens with one attached hydrogen (secondary N) is 1. The molecule has 1 atom stereocenters. The molecule has 6 nitrogen and oxygen atoms in total. The summed E-state index contributed by atoms with van der Waals surface area (Å²) < 4.78 is 4.97. The molecule has 26 heavy (non-hydrogen) atoms. The lowest BCUT2D eigenvalue weighted by Gasteiger charge is -2.38. The molecular formula is C19H26N2O4S. The van der Waals surface area contributed by atoms with Crippen molar-refractivity contribution in [3.05, 3.63) is 22.4 Å². The van der Waals surface area contributed by atoms with E-state index >= 15 is 0 Å². The van der Waals surface area contributed by atoms with Crippen LogP contribution in [0.25, 0.3) is 0 Å². The van der Waals surface area contributed by atoms with Gasteiger partial charge in [-0.05, 0) is 37.1 Å². The number of hydrogen-bond acceptors (Lipinski definition) is 5. The normalized spacial score (nSPS) is 22.5. The number of ether oxygens (including phenoxy) is 1. The van der Waals surface area contributed by atoms with Crippen LogP contribution >= 0.6 is 11.3 Å². The molecular weight excluding hydrogens is 352 g/mol. The molecule has 3 rings (SSSR count). The Bertz CT molecular complexity index is 653. The average Bonchev–Trinajstić information content (AvgIpc) is 3.22. The Morgan fingerprint density at radius 3 is 2.65 bits per heavy atom. The van der Waals surface area contributed by atoms with Crippen LogP contribution in [0.2, 0.25) is 0 Å². The number of amides is 2. The number of nitrogens with zero attached hydrogens (tertiary/aromatic N) is 1. The van der Waals surface area contributed by atoms with Crippen molar-refractivity contribution in [2.75, 3.05) is 20.2 Å². The predicted octanol–water partition coefficient (Wildman–Crippen LogP) is 2.59.